The fraction of sp³-hybridized carbons (Fsp3) is 0.435. The topological polar surface area (TPSA) is 148 Å². The Morgan fingerprint density at radius 2 is 2.20 bits per heavy atom. The Kier molecular flexibility index (Phi) is 8.06. The van der Waals surface area contributed by atoms with Crippen LogP contribution in [0.15, 0.2) is 53.9 Å². The van der Waals surface area contributed by atoms with Gasteiger partial charge in [-0.3, -0.25) is 5.84 Å². The van der Waals surface area contributed by atoms with Crippen LogP contribution in [0.25, 0.3) is 0 Å². The summed E-state index contributed by atoms with van der Waals surface area (Å²) in [5, 5.41) is 10.6. The van der Waals surface area contributed by atoms with Crippen molar-refractivity contribution in [2.75, 3.05) is 44.4 Å². The van der Waals surface area contributed by atoms with Crippen molar-refractivity contribution in [1.29, 1.82) is 0 Å². The van der Waals surface area contributed by atoms with Crippen molar-refractivity contribution in [3.8, 4) is 5.88 Å². The molecular formula is C23H32N10O2. The normalized spacial score (nSPS) is 17.5. The van der Waals surface area contributed by atoms with Crippen molar-refractivity contribution in [3.63, 3.8) is 0 Å². The van der Waals surface area contributed by atoms with Gasteiger partial charge in [0.2, 0.25) is 11.8 Å². The summed E-state index contributed by atoms with van der Waals surface area (Å²) in [6.07, 6.45) is 7.77. The molecule has 4 rings (SSSR count). The van der Waals surface area contributed by atoms with Gasteiger partial charge in [-0.25, -0.2) is 9.97 Å². The van der Waals surface area contributed by atoms with Gasteiger partial charge < -0.3 is 30.5 Å². The summed E-state index contributed by atoms with van der Waals surface area (Å²) in [4.78, 5) is 24.8. The first-order chi connectivity index (χ1) is 17.0. The number of ether oxygens (including phenoxy) is 1. The number of anilines is 2. The average molecular weight is 481 g/mol. The first-order valence-corrected chi connectivity index (χ1v) is 11.5. The lowest BCUT2D eigenvalue weighted by Crippen LogP contribution is -2.23. The van der Waals surface area contributed by atoms with Crippen LogP contribution in [0.5, 0.6) is 5.88 Å². The van der Waals surface area contributed by atoms with Crippen molar-refractivity contribution >= 4 is 17.5 Å². The van der Waals surface area contributed by atoms with Gasteiger partial charge in [0.15, 0.2) is 6.10 Å². The molecule has 5 N–H and O–H groups in total. The van der Waals surface area contributed by atoms with Crippen molar-refractivity contribution < 1.29 is 9.57 Å². The predicted octanol–water partition coefficient (Wildman–Crippen LogP) is 1.49. The standard InChI is InChI=1S/C23H32N10O2/c1-15(10-19(31-24)16-4-5-16)28-21-12-22(34-9-8-33(2)3)30-23(29-21)26-13-17-11-20(32-35-17)18-6-7-25-14-27-18/h6-7,10,12,14,16-17,31H,1,4-5,8-9,11,13,24H2,2-3H3,(H2,26,28,29,30)/b19-10-. The van der Waals surface area contributed by atoms with Crippen LogP contribution in [0.3, 0.4) is 0 Å². The number of hydrogen-bond acceptors (Lipinski definition) is 12. The minimum atomic E-state index is -0.173. The number of allylic oxidation sites excluding steroid dienone is 2. The summed E-state index contributed by atoms with van der Waals surface area (Å²) < 4.78 is 5.86. The third kappa shape index (κ3) is 7.36. The van der Waals surface area contributed by atoms with E-state index in [2.05, 4.69) is 47.7 Å². The Hall–Kier alpha value is -3.77. The lowest BCUT2D eigenvalue weighted by Gasteiger charge is -2.15. The molecule has 1 fully saturated rings. The molecule has 1 saturated carbocycles. The van der Waals surface area contributed by atoms with Gasteiger partial charge in [0.05, 0.1) is 12.2 Å². The molecular weight excluding hydrogens is 448 g/mol. The largest absolute Gasteiger partial charge is 0.476 e. The van der Waals surface area contributed by atoms with Crippen LogP contribution in [-0.2, 0) is 4.84 Å². The molecule has 1 aliphatic carbocycles. The Bertz CT molecular complexity index is 1070. The molecule has 186 valence electrons. The molecule has 1 unspecified atom stereocenters. The summed E-state index contributed by atoms with van der Waals surface area (Å²) in [7, 11) is 3.98. The maximum absolute atomic E-state index is 5.86. The zero-order valence-corrected chi connectivity index (χ0v) is 20.1. The van der Waals surface area contributed by atoms with Crippen molar-refractivity contribution in [3.05, 3.63) is 54.4 Å². The van der Waals surface area contributed by atoms with E-state index in [1.165, 1.54) is 6.33 Å². The molecule has 2 aliphatic rings. The van der Waals surface area contributed by atoms with Crippen LogP contribution in [0, 0.1) is 5.92 Å². The van der Waals surface area contributed by atoms with E-state index in [0.29, 0.717) is 48.8 Å². The highest BCUT2D eigenvalue weighted by molar-refractivity contribution is 5.99. The quantitative estimate of drug-likeness (QED) is 0.188. The molecule has 3 heterocycles. The van der Waals surface area contributed by atoms with Crippen LogP contribution in [-0.4, -0.2) is 70.4 Å². The number of rotatable bonds is 13. The number of nitrogens with two attached hydrogens (primary N) is 1. The molecule has 0 spiro atoms. The zero-order chi connectivity index (χ0) is 24.6. The van der Waals surface area contributed by atoms with Gasteiger partial charge in [0, 0.05) is 42.5 Å². The minimum Gasteiger partial charge on any atom is -0.476 e. The number of hydrazine groups is 1. The van der Waals surface area contributed by atoms with E-state index < -0.39 is 0 Å². The summed E-state index contributed by atoms with van der Waals surface area (Å²) >= 11 is 0. The first-order valence-electron chi connectivity index (χ1n) is 11.5. The highest BCUT2D eigenvalue weighted by Gasteiger charge is 2.26. The highest BCUT2D eigenvalue weighted by atomic mass is 16.6. The first kappa shape index (κ1) is 24.4. The van der Waals surface area contributed by atoms with Gasteiger partial charge >= 0.3 is 0 Å². The van der Waals surface area contributed by atoms with Crippen LogP contribution >= 0.6 is 0 Å². The molecule has 35 heavy (non-hydrogen) atoms. The Morgan fingerprint density at radius 3 is 2.91 bits per heavy atom. The summed E-state index contributed by atoms with van der Waals surface area (Å²) in [6.45, 7) is 5.80. The molecule has 1 atom stereocenters. The second kappa shape index (κ2) is 11.6. The Balaban J connectivity index is 1.40. The number of oxime groups is 1. The number of aromatic nitrogens is 4. The van der Waals surface area contributed by atoms with E-state index in [0.717, 1.165) is 36.5 Å². The van der Waals surface area contributed by atoms with Crippen LogP contribution < -0.4 is 26.6 Å². The molecule has 12 nitrogen and oxygen atoms in total. The molecule has 12 heteroatoms. The SMILES string of the molecule is C=C(/C=C(\NN)C1CC1)Nc1cc(OCCN(C)C)nc(NCC2CC(c3ccncn3)=NO2)n1. The molecule has 2 aromatic heterocycles. The minimum absolute atomic E-state index is 0.173. The van der Waals surface area contributed by atoms with Gasteiger partial charge in [-0.05, 0) is 39.1 Å². The van der Waals surface area contributed by atoms with E-state index in [-0.39, 0.29) is 6.10 Å². The van der Waals surface area contributed by atoms with Gasteiger partial charge in [-0.2, -0.15) is 9.97 Å². The molecule has 0 bridgehead atoms. The number of nitrogens with zero attached hydrogens (tertiary/aromatic N) is 6. The van der Waals surface area contributed by atoms with Gasteiger partial charge in [0.1, 0.15) is 24.5 Å². The van der Waals surface area contributed by atoms with E-state index >= 15 is 0 Å². The maximum atomic E-state index is 5.86. The maximum Gasteiger partial charge on any atom is 0.228 e. The summed E-state index contributed by atoms with van der Waals surface area (Å²) in [5.74, 6) is 7.53. The van der Waals surface area contributed by atoms with E-state index in [1.807, 2.05) is 31.1 Å². The zero-order valence-electron chi connectivity index (χ0n) is 20.1. The smallest absolute Gasteiger partial charge is 0.228 e. The predicted molar refractivity (Wildman–Crippen MR) is 134 cm³/mol. The fourth-order valence-corrected chi connectivity index (χ4v) is 3.39. The number of nitrogens with one attached hydrogen (secondary N) is 3. The van der Waals surface area contributed by atoms with Gasteiger partial charge in [-0.1, -0.05) is 11.7 Å². The van der Waals surface area contributed by atoms with Crippen LogP contribution in [0.1, 0.15) is 25.0 Å². The van der Waals surface area contributed by atoms with Crippen LogP contribution in [0.4, 0.5) is 11.8 Å². The lowest BCUT2D eigenvalue weighted by atomic mass is 10.1. The monoisotopic (exact) mass is 480 g/mol. The van der Waals surface area contributed by atoms with Crippen molar-refractivity contribution in [2.24, 2.45) is 16.9 Å². The van der Waals surface area contributed by atoms with Crippen LogP contribution in [0.2, 0.25) is 0 Å². The van der Waals surface area contributed by atoms with Gasteiger partial charge in [0.25, 0.3) is 0 Å². The fourth-order valence-electron chi connectivity index (χ4n) is 3.39. The average Bonchev–Trinajstić information content (AvgIpc) is 3.58. The number of likely N-dealkylation sites (N-methyl/N-ethyl adjacent to an activating group) is 1. The molecule has 0 radical (unpaired) electrons. The second-order valence-electron chi connectivity index (χ2n) is 8.68. The molecule has 2 aromatic rings. The van der Waals surface area contributed by atoms with E-state index in [1.54, 1.807) is 12.3 Å². The summed E-state index contributed by atoms with van der Waals surface area (Å²) in [5.41, 5.74) is 5.92. The molecule has 0 saturated heterocycles. The second-order valence-corrected chi connectivity index (χ2v) is 8.68. The Morgan fingerprint density at radius 1 is 1.34 bits per heavy atom. The summed E-state index contributed by atoms with van der Waals surface area (Å²) in [6, 6.07) is 3.55. The van der Waals surface area contributed by atoms with E-state index in [4.69, 9.17) is 15.4 Å². The molecule has 1 aliphatic heterocycles. The highest BCUT2D eigenvalue weighted by Crippen LogP contribution is 2.35. The third-order valence-corrected chi connectivity index (χ3v) is 5.39. The lowest BCUT2D eigenvalue weighted by molar-refractivity contribution is 0.0948. The van der Waals surface area contributed by atoms with E-state index in [9.17, 15) is 0 Å². The van der Waals surface area contributed by atoms with Gasteiger partial charge in [-0.15, -0.1) is 0 Å². The third-order valence-electron chi connectivity index (χ3n) is 5.39. The van der Waals surface area contributed by atoms with Crippen molar-refractivity contribution in [2.45, 2.75) is 25.4 Å². The molecule has 0 amide bonds. The van der Waals surface area contributed by atoms with Crippen molar-refractivity contribution in [1.82, 2.24) is 30.3 Å². The molecule has 0 aromatic carbocycles. The Labute approximate surface area is 204 Å². The number of hydrogen-bond donors (Lipinski definition) is 4.